The van der Waals surface area contributed by atoms with Crippen LogP contribution in [0.2, 0.25) is 5.02 Å². The number of hydrogen-bond acceptors (Lipinski definition) is 3. The molecule has 0 aliphatic heterocycles. The van der Waals surface area contributed by atoms with Crippen molar-refractivity contribution in [3.05, 3.63) is 41.0 Å². The minimum Gasteiger partial charge on any atom is -0.333 e. The summed E-state index contributed by atoms with van der Waals surface area (Å²) in [6.45, 7) is 17.5. The summed E-state index contributed by atoms with van der Waals surface area (Å²) >= 11 is 6.05. The van der Waals surface area contributed by atoms with E-state index < -0.39 is 0 Å². The maximum Gasteiger partial charge on any atom is 0.245 e. The van der Waals surface area contributed by atoms with Crippen molar-refractivity contribution in [3.63, 3.8) is 0 Å². The SMILES string of the molecule is CCCN(CC(=O)Nc1cc(C(C)(C)C)nn1-c1ccc(Cl)cc1)C(=O)CC(C)CC(C)(C)C. The lowest BCUT2D eigenvalue weighted by Gasteiger charge is -2.26. The Morgan fingerprint density at radius 1 is 1.12 bits per heavy atom. The highest BCUT2D eigenvalue weighted by molar-refractivity contribution is 6.30. The van der Waals surface area contributed by atoms with Crippen LogP contribution in [0.3, 0.4) is 0 Å². The van der Waals surface area contributed by atoms with Crippen LogP contribution in [0.15, 0.2) is 30.3 Å². The van der Waals surface area contributed by atoms with Crippen molar-refractivity contribution in [1.82, 2.24) is 14.7 Å². The third kappa shape index (κ3) is 8.46. The number of nitrogens with one attached hydrogen (secondary N) is 1. The van der Waals surface area contributed by atoms with E-state index in [1.807, 2.05) is 25.1 Å². The van der Waals surface area contributed by atoms with Gasteiger partial charge in [0.1, 0.15) is 5.82 Å². The minimum absolute atomic E-state index is 0.0194. The lowest BCUT2D eigenvalue weighted by molar-refractivity contribution is -0.135. The fraction of sp³-hybridized carbons (Fsp3) is 0.593. The zero-order chi connectivity index (χ0) is 25.7. The van der Waals surface area contributed by atoms with Gasteiger partial charge in [0.05, 0.1) is 17.9 Å². The first kappa shape index (κ1) is 27.9. The maximum atomic E-state index is 13.0. The first-order chi connectivity index (χ1) is 15.7. The molecule has 1 aromatic heterocycles. The number of benzene rings is 1. The fourth-order valence-corrected chi connectivity index (χ4v) is 4.20. The topological polar surface area (TPSA) is 67.2 Å². The van der Waals surface area contributed by atoms with E-state index in [2.05, 4.69) is 53.8 Å². The van der Waals surface area contributed by atoms with Crippen LogP contribution in [-0.4, -0.2) is 39.6 Å². The van der Waals surface area contributed by atoms with Gasteiger partial charge >= 0.3 is 0 Å². The van der Waals surface area contributed by atoms with Crippen molar-refractivity contribution in [2.45, 2.75) is 80.1 Å². The third-order valence-corrected chi connectivity index (χ3v) is 5.73. The Morgan fingerprint density at radius 2 is 1.74 bits per heavy atom. The molecule has 7 heteroatoms. The quantitative estimate of drug-likeness (QED) is 0.440. The van der Waals surface area contributed by atoms with E-state index in [-0.39, 0.29) is 35.1 Å². The van der Waals surface area contributed by atoms with E-state index in [1.165, 1.54) is 0 Å². The summed E-state index contributed by atoms with van der Waals surface area (Å²) in [6.07, 6.45) is 2.20. The number of hydrogen-bond donors (Lipinski definition) is 1. The lowest BCUT2D eigenvalue weighted by atomic mass is 9.84. The molecule has 0 aliphatic rings. The number of carbonyl (C=O) groups excluding carboxylic acids is 2. The number of nitrogens with zero attached hydrogens (tertiary/aromatic N) is 3. The van der Waals surface area contributed by atoms with Gasteiger partial charge in [-0.25, -0.2) is 4.68 Å². The van der Waals surface area contributed by atoms with Crippen molar-refractivity contribution in [2.24, 2.45) is 11.3 Å². The molecule has 34 heavy (non-hydrogen) atoms. The lowest BCUT2D eigenvalue weighted by Crippen LogP contribution is -2.39. The van der Waals surface area contributed by atoms with Crippen molar-refractivity contribution in [1.29, 1.82) is 0 Å². The van der Waals surface area contributed by atoms with Crippen LogP contribution in [0.4, 0.5) is 5.82 Å². The highest BCUT2D eigenvalue weighted by atomic mass is 35.5. The molecule has 6 nitrogen and oxygen atoms in total. The van der Waals surface area contributed by atoms with Crippen molar-refractivity contribution in [3.8, 4) is 5.69 Å². The van der Waals surface area contributed by atoms with E-state index in [4.69, 9.17) is 16.7 Å². The molecule has 1 atom stereocenters. The van der Waals surface area contributed by atoms with E-state index in [0.29, 0.717) is 23.8 Å². The van der Waals surface area contributed by atoms with Gasteiger partial charge in [-0.15, -0.1) is 0 Å². The van der Waals surface area contributed by atoms with Crippen LogP contribution in [0.25, 0.3) is 5.69 Å². The Kier molecular flexibility index (Phi) is 9.35. The van der Waals surface area contributed by atoms with Crippen LogP contribution in [0, 0.1) is 11.3 Å². The molecule has 1 unspecified atom stereocenters. The van der Waals surface area contributed by atoms with E-state index in [1.54, 1.807) is 21.7 Å². The molecule has 0 saturated heterocycles. The molecule has 1 N–H and O–H groups in total. The Hall–Kier alpha value is -2.34. The zero-order valence-electron chi connectivity index (χ0n) is 22.0. The summed E-state index contributed by atoms with van der Waals surface area (Å²) in [5.41, 5.74) is 1.63. The Bertz CT molecular complexity index is 968. The molecule has 0 spiro atoms. The average Bonchev–Trinajstić information content (AvgIpc) is 3.10. The summed E-state index contributed by atoms with van der Waals surface area (Å²) in [4.78, 5) is 27.7. The van der Waals surface area contributed by atoms with Crippen LogP contribution in [0.5, 0.6) is 0 Å². The molecule has 0 fully saturated rings. The van der Waals surface area contributed by atoms with Gasteiger partial charge in [-0.2, -0.15) is 5.10 Å². The summed E-state index contributed by atoms with van der Waals surface area (Å²) in [7, 11) is 0. The van der Waals surface area contributed by atoms with Crippen molar-refractivity contribution >= 4 is 29.2 Å². The Morgan fingerprint density at radius 3 is 2.26 bits per heavy atom. The third-order valence-electron chi connectivity index (χ3n) is 5.48. The molecule has 0 aliphatic carbocycles. The van der Waals surface area contributed by atoms with Gasteiger partial charge in [0, 0.05) is 29.5 Å². The Balaban J connectivity index is 2.19. The predicted octanol–water partition coefficient (Wildman–Crippen LogP) is 6.46. The van der Waals surface area contributed by atoms with Crippen molar-refractivity contribution in [2.75, 3.05) is 18.4 Å². The molecule has 188 valence electrons. The smallest absolute Gasteiger partial charge is 0.245 e. The van der Waals surface area contributed by atoms with Gasteiger partial charge in [0.2, 0.25) is 11.8 Å². The summed E-state index contributed by atoms with van der Waals surface area (Å²) in [5, 5.41) is 8.35. The average molecular weight is 489 g/mol. The summed E-state index contributed by atoms with van der Waals surface area (Å²) in [6, 6.07) is 9.20. The molecule has 0 saturated carbocycles. The van der Waals surface area contributed by atoms with Gasteiger partial charge in [0.15, 0.2) is 0 Å². The molecular weight excluding hydrogens is 448 g/mol. The zero-order valence-corrected chi connectivity index (χ0v) is 22.8. The number of aromatic nitrogens is 2. The molecule has 1 aromatic carbocycles. The minimum atomic E-state index is -0.235. The van der Waals surface area contributed by atoms with Gasteiger partial charge in [-0.1, -0.05) is 67.0 Å². The Labute approximate surface area is 210 Å². The second kappa shape index (κ2) is 11.4. The number of halogens is 1. The fourth-order valence-electron chi connectivity index (χ4n) is 4.08. The van der Waals surface area contributed by atoms with Crippen LogP contribution in [-0.2, 0) is 15.0 Å². The summed E-state index contributed by atoms with van der Waals surface area (Å²) < 4.78 is 1.71. The molecule has 2 aromatic rings. The molecule has 0 radical (unpaired) electrons. The largest absolute Gasteiger partial charge is 0.333 e. The van der Waals surface area contributed by atoms with Gasteiger partial charge in [0.25, 0.3) is 0 Å². The number of amides is 2. The number of anilines is 1. The first-order valence-corrected chi connectivity index (χ1v) is 12.5. The monoisotopic (exact) mass is 488 g/mol. The van der Waals surface area contributed by atoms with E-state index in [9.17, 15) is 9.59 Å². The molecule has 2 rings (SSSR count). The normalized spacial score (nSPS) is 13.0. The van der Waals surface area contributed by atoms with Gasteiger partial charge < -0.3 is 10.2 Å². The van der Waals surface area contributed by atoms with Crippen molar-refractivity contribution < 1.29 is 9.59 Å². The molecular formula is C27H41ClN4O2. The number of rotatable bonds is 9. The van der Waals surface area contributed by atoms with Crippen LogP contribution in [0.1, 0.15) is 80.3 Å². The predicted molar refractivity (Wildman–Crippen MR) is 141 cm³/mol. The summed E-state index contributed by atoms with van der Waals surface area (Å²) in [5.74, 6) is 0.619. The number of carbonyl (C=O) groups is 2. The highest BCUT2D eigenvalue weighted by Gasteiger charge is 2.24. The second-order valence-electron chi connectivity index (χ2n) is 11.5. The van der Waals surface area contributed by atoms with E-state index in [0.717, 1.165) is 24.2 Å². The maximum absolute atomic E-state index is 13.0. The van der Waals surface area contributed by atoms with E-state index >= 15 is 0 Å². The standard InChI is InChI=1S/C27H41ClN4O2/c1-9-14-31(25(34)15-19(2)17-26(3,4)5)18-24(33)29-23-16-22(27(6,7)8)30-32(23)21-12-10-20(28)11-13-21/h10-13,16,19H,9,14-15,17-18H2,1-8H3,(H,29,33). The first-order valence-electron chi connectivity index (χ1n) is 12.1. The molecule has 1 heterocycles. The van der Waals surface area contributed by atoms with Crippen LogP contribution < -0.4 is 5.32 Å². The molecule has 0 bridgehead atoms. The second-order valence-corrected chi connectivity index (χ2v) is 11.9. The molecule has 2 amide bonds. The van der Waals surface area contributed by atoms with Crippen LogP contribution >= 0.6 is 11.6 Å². The highest BCUT2D eigenvalue weighted by Crippen LogP contribution is 2.28. The van der Waals surface area contributed by atoms with Gasteiger partial charge in [-0.3, -0.25) is 9.59 Å². The van der Waals surface area contributed by atoms with Gasteiger partial charge in [-0.05, 0) is 48.4 Å².